The number of hydrogen-bond donors (Lipinski definition) is 2. The van der Waals surface area contributed by atoms with E-state index in [1.807, 2.05) is 30.5 Å². The van der Waals surface area contributed by atoms with Gasteiger partial charge >= 0.3 is 0 Å². The molecule has 0 saturated carbocycles. The van der Waals surface area contributed by atoms with E-state index in [1.165, 1.54) is 37.5 Å². The standard InChI is InChI=1S/C20H20N4OS.CH2O2/c25-20(22-17-12-24-8-5-13(17)6-9-24)19-16-4-3-14(10-18(16)26-23-19)15-2-1-7-21-11-15;2-1-3/h1-4,7,10-11,13,17H,5-6,8-9,12H2,(H,22,25);1H,(H,2,3)/t17-;/m0./s1. The summed E-state index contributed by atoms with van der Waals surface area (Å²) in [5.74, 6) is 0.579. The maximum atomic E-state index is 12.8. The van der Waals surface area contributed by atoms with Crippen molar-refractivity contribution in [1.29, 1.82) is 0 Å². The highest BCUT2D eigenvalue weighted by Gasteiger charge is 2.35. The second-order valence-electron chi connectivity index (χ2n) is 7.31. The van der Waals surface area contributed by atoms with Gasteiger partial charge in [-0.05, 0) is 61.1 Å². The Balaban J connectivity index is 0.000000645. The maximum absolute atomic E-state index is 12.8. The number of carboxylic acid groups (broad SMARTS) is 1. The van der Waals surface area contributed by atoms with E-state index in [1.54, 1.807) is 6.20 Å². The van der Waals surface area contributed by atoms with Crippen molar-refractivity contribution in [3.05, 3.63) is 48.4 Å². The summed E-state index contributed by atoms with van der Waals surface area (Å²) in [4.78, 5) is 27.8. The maximum Gasteiger partial charge on any atom is 0.290 e. The van der Waals surface area contributed by atoms with Gasteiger partial charge in [0.25, 0.3) is 12.4 Å². The van der Waals surface area contributed by atoms with E-state index in [9.17, 15) is 4.79 Å². The van der Waals surface area contributed by atoms with E-state index in [-0.39, 0.29) is 18.4 Å². The quantitative estimate of drug-likeness (QED) is 0.645. The molecule has 2 N–H and O–H groups in total. The number of pyridine rings is 1. The van der Waals surface area contributed by atoms with Gasteiger partial charge < -0.3 is 15.3 Å². The predicted molar refractivity (Wildman–Crippen MR) is 112 cm³/mol. The predicted octanol–water partition coefficient (Wildman–Crippen LogP) is 2.88. The molecule has 6 rings (SSSR count). The first-order valence-corrected chi connectivity index (χ1v) is 10.4. The van der Waals surface area contributed by atoms with Crippen LogP contribution < -0.4 is 5.32 Å². The monoisotopic (exact) mass is 410 g/mol. The largest absolute Gasteiger partial charge is 0.483 e. The van der Waals surface area contributed by atoms with Gasteiger partial charge in [-0.1, -0.05) is 18.2 Å². The summed E-state index contributed by atoms with van der Waals surface area (Å²) >= 11 is 1.39. The molecule has 0 spiro atoms. The highest BCUT2D eigenvalue weighted by molar-refractivity contribution is 7.13. The van der Waals surface area contributed by atoms with Gasteiger partial charge in [-0.2, -0.15) is 4.37 Å². The van der Waals surface area contributed by atoms with Gasteiger partial charge in [-0.25, -0.2) is 0 Å². The van der Waals surface area contributed by atoms with Crippen LogP contribution in [0.3, 0.4) is 0 Å². The van der Waals surface area contributed by atoms with Crippen LogP contribution in [0.2, 0.25) is 0 Å². The number of nitrogens with one attached hydrogen (secondary N) is 1. The van der Waals surface area contributed by atoms with Crippen LogP contribution in [0.25, 0.3) is 21.2 Å². The van der Waals surface area contributed by atoms with E-state index in [2.05, 4.69) is 25.6 Å². The fraction of sp³-hybridized carbons (Fsp3) is 0.333. The summed E-state index contributed by atoms with van der Waals surface area (Å²) in [5, 5.41) is 11.1. The Morgan fingerprint density at radius 1 is 1.24 bits per heavy atom. The molecule has 7 nitrogen and oxygen atoms in total. The molecule has 5 heterocycles. The number of piperidine rings is 3. The number of rotatable bonds is 3. The fourth-order valence-corrected chi connectivity index (χ4v) is 4.99. The smallest absolute Gasteiger partial charge is 0.290 e. The van der Waals surface area contributed by atoms with Gasteiger partial charge in [0, 0.05) is 35.9 Å². The zero-order valence-corrected chi connectivity index (χ0v) is 16.6. The second kappa shape index (κ2) is 8.67. The van der Waals surface area contributed by atoms with Crippen molar-refractivity contribution in [2.75, 3.05) is 19.6 Å². The summed E-state index contributed by atoms with van der Waals surface area (Å²) < 4.78 is 5.49. The van der Waals surface area contributed by atoms with Gasteiger partial charge in [0.15, 0.2) is 0 Å². The van der Waals surface area contributed by atoms with Gasteiger partial charge in [0.1, 0.15) is 5.69 Å². The zero-order valence-electron chi connectivity index (χ0n) is 15.8. The molecule has 2 aromatic heterocycles. The Morgan fingerprint density at radius 2 is 2.03 bits per heavy atom. The van der Waals surface area contributed by atoms with E-state index in [0.29, 0.717) is 11.6 Å². The normalized spacial score (nSPS) is 22.6. The number of nitrogens with zero attached hydrogens (tertiary/aromatic N) is 3. The second-order valence-corrected chi connectivity index (χ2v) is 8.11. The first-order valence-electron chi connectivity index (χ1n) is 9.60. The van der Waals surface area contributed by atoms with Crippen LogP contribution in [0.4, 0.5) is 0 Å². The number of carbonyl (C=O) groups is 2. The molecule has 3 aromatic rings. The van der Waals surface area contributed by atoms with Gasteiger partial charge in [0.2, 0.25) is 0 Å². The minimum atomic E-state index is -0.250. The lowest BCUT2D eigenvalue weighted by atomic mass is 9.84. The van der Waals surface area contributed by atoms with E-state index in [0.717, 1.165) is 27.8 Å². The minimum Gasteiger partial charge on any atom is -0.483 e. The minimum absolute atomic E-state index is 0.0378. The lowest BCUT2D eigenvalue weighted by Crippen LogP contribution is -2.57. The van der Waals surface area contributed by atoms with Gasteiger partial charge in [-0.15, -0.1) is 0 Å². The lowest BCUT2D eigenvalue weighted by Gasteiger charge is -2.44. The summed E-state index contributed by atoms with van der Waals surface area (Å²) in [6, 6.07) is 10.4. The van der Waals surface area contributed by atoms with Crippen molar-refractivity contribution < 1.29 is 14.7 Å². The van der Waals surface area contributed by atoms with Crippen LogP contribution >= 0.6 is 11.5 Å². The highest BCUT2D eigenvalue weighted by Crippen LogP contribution is 2.30. The van der Waals surface area contributed by atoms with Crippen LogP contribution in [0.15, 0.2) is 42.7 Å². The summed E-state index contributed by atoms with van der Waals surface area (Å²) in [7, 11) is 0. The topological polar surface area (TPSA) is 95.4 Å². The molecular weight excluding hydrogens is 388 g/mol. The van der Waals surface area contributed by atoms with Crippen molar-refractivity contribution in [3.63, 3.8) is 0 Å². The molecule has 1 aromatic carbocycles. The molecule has 1 amide bonds. The molecule has 1 atom stereocenters. The third kappa shape index (κ3) is 4.13. The van der Waals surface area contributed by atoms with Gasteiger partial charge in [0.05, 0.1) is 4.70 Å². The van der Waals surface area contributed by atoms with Crippen molar-refractivity contribution in [2.45, 2.75) is 18.9 Å². The number of hydrogen-bond acceptors (Lipinski definition) is 6. The summed E-state index contributed by atoms with van der Waals surface area (Å²) in [5.41, 5.74) is 2.72. The Bertz CT molecular complexity index is 1000. The summed E-state index contributed by atoms with van der Waals surface area (Å²) in [6.07, 6.45) is 6.00. The zero-order chi connectivity index (χ0) is 20.2. The number of benzene rings is 1. The SMILES string of the molecule is O=C(N[C@H]1CN2CCC1CC2)c1nsc2cc(-c3cccnc3)ccc12.O=CO. The Hall–Kier alpha value is -2.84. The third-order valence-corrected chi connectivity index (χ3v) is 6.46. The van der Waals surface area contributed by atoms with Crippen LogP contribution in [-0.4, -0.2) is 57.4 Å². The van der Waals surface area contributed by atoms with Crippen molar-refractivity contribution >= 4 is 34.0 Å². The first-order chi connectivity index (χ1) is 14.2. The van der Waals surface area contributed by atoms with Crippen molar-refractivity contribution in [1.82, 2.24) is 19.6 Å². The van der Waals surface area contributed by atoms with Crippen molar-refractivity contribution in [2.24, 2.45) is 5.92 Å². The molecule has 8 heteroatoms. The molecule has 3 aliphatic rings. The number of fused-ring (bicyclic) bond motifs is 4. The first kappa shape index (κ1) is 19.5. The number of carbonyl (C=O) groups excluding carboxylic acids is 1. The molecule has 150 valence electrons. The highest BCUT2D eigenvalue weighted by atomic mass is 32.1. The summed E-state index contributed by atoms with van der Waals surface area (Å²) in [6.45, 7) is 3.07. The molecule has 29 heavy (non-hydrogen) atoms. The third-order valence-electron chi connectivity index (χ3n) is 5.65. The molecule has 3 saturated heterocycles. The van der Waals surface area contributed by atoms with Crippen LogP contribution in [-0.2, 0) is 4.79 Å². The van der Waals surface area contributed by atoms with Crippen molar-refractivity contribution in [3.8, 4) is 11.1 Å². The molecule has 3 aliphatic heterocycles. The average Bonchev–Trinajstić information content (AvgIpc) is 3.19. The van der Waals surface area contributed by atoms with Crippen LogP contribution in [0.5, 0.6) is 0 Å². The molecule has 3 fully saturated rings. The average molecular weight is 410 g/mol. The van der Waals surface area contributed by atoms with E-state index in [4.69, 9.17) is 9.90 Å². The molecule has 0 radical (unpaired) electrons. The number of amides is 1. The molecule has 0 aliphatic carbocycles. The van der Waals surface area contributed by atoms with E-state index >= 15 is 0 Å². The fourth-order valence-electron chi connectivity index (χ4n) is 4.18. The van der Waals surface area contributed by atoms with Crippen LogP contribution in [0, 0.1) is 5.92 Å². The number of aromatic nitrogens is 2. The lowest BCUT2D eigenvalue weighted by molar-refractivity contribution is -0.122. The molecule has 0 unspecified atom stereocenters. The Kier molecular flexibility index (Phi) is 5.82. The van der Waals surface area contributed by atoms with E-state index < -0.39 is 0 Å². The Morgan fingerprint density at radius 3 is 2.69 bits per heavy atom. The van der Waals surface area contributed by atoms with Gasteiger partial charge in [-0.3, -0.25) is 14.6 Å². The molecule has 2 bridgehead atoms. The Labute approximate surface area is 172 Å². The van der Waals surface area contributed by atoms with Crippen LogP contribution in [0.1, 0.15) is 23.3 Å². The molecular formula is C21H22N4O3S.